The van der Waals surface area contributed by atoms with Gasteiger partial charge in [-0.2, -0.15) is 0 Å². The molecule has 0 saturated carbocycles. The van der Waals surface area contributed by atoms with Crippen molar-refractivity contribution in [3.8, 4) is 5.75 Å². The molecule has 0 aromatic heterocycles. The molecule has 3 N–H and O–H groups in total. The second-order valence-electron chi connectivity index (χ2n) is 6.10. The number of carbonyl (C=O) groups is 1. The lowest BCUT2D eigenvalue weighted by atomic mass is 9.97. The lowest BCUT2D eigenvalue weighted by molar-refractivity contribution is 0.0945. The normalized spacial score (nSPS) is 17.1. The lowest BCUT2D eigenvalue weighted by Crippen LogP contribution is -2.30. The molecule has 25 heavy (non-hydrogen) atoms. The SMILES string of the molecule is NS(=O)(=O)c1cccc(C(=O)NC[C@H]2CCOc3ccccc3C2)c1. The minimum atomic E-state index is -3.83. The van der Waals surface area contributed by atoms with Crippen molar-refractivity contribution in [1.29, 1.82) is 0 Å². The highest BCUT2D eigenvalue weighted by Gasteiger charge is 2.19. The summed E-state index contributed by atoms with van der Waals surface area (Å²) in [5, 5.41) is 7.98. The Morgan fingerprint density at radius 1 is 1.20 bits per heavy atom. The van der Waals surface area contributed by atoms with E-state index in [2.05, 4.69) is 5.32 Å². The average molecular weight is 360 g/mol. The van der Waals surface area contributed by atoms with Crippen LogP contribution in [0.15, 0.2) is 53.4 Å². The molecule has 0 bridgehead atoms. The molecule has 2 aromatic carbocycles. The van der Waals surface area contributed by atoms with Crippen molar-refractivity contribution in [3.05, 3.63) is 59.7 Å². The van der Waals surface area contributed by atoms with Gasteiger partial charge in [0.25, 0.3) is 5.91 Å². The van der Waals surface area contributed by atoms with Crippen LogP contribution in [0.1, 0.15) is 22.3 Å². The van der Waals surface area contributed by atoms with Crippen LogP contribution in [0.5, 0.6) is 5.75 Å². The van der Waals surface area contributed by atoms with Crippen LogP contribution < -0.4 is 15.2 Å². The van der Waals surface area contributed by atoms with Crippen LogP contribution in [0.4, 0.5) is 0 Å². The van der Waals surface area contributed by atoms with Gasteiger partial charge in [-0.3, -0.25) is 4.79 Å². The Hall–Kier alpha value is -2.38. The number of fused-ring (bicyclic) bond motifs is 1. The van der Waals surface area contributed by atoms with Gasteiger partial charge in [0.15, 0.2) is 0 Å². The van der Waals surface area contributed by atoms with Gasteiger partial charge in [0.1, 0.15) is 5.75 Å². The number of para-hydroxylation sites is 1. The quantitative estimate of drug-likeness (QED) is 0.867. The highest BCUT2D eigenvalue weighted by Crippen LogP contribution is 2.26. The number of nitrogens with one attached hydrogen (secondary N) is 1. The third-order valence-electron chi connectivity index (χ3n) is 4.24. The Bertz CT molecular complexity index is 880. The summed E-state index contributed by atoms with van der Waals surface area (Å²) < 4.78 is 28.5. The van der Waals surface area contributed by atoms with Crippen LogP contribution in [0.2, 0.25) is 0 Å². The summed E-state index contributed by atoms with van der Waals surface area (Å²) in [6.07, 6.45) is 1.67. The second kappa shape index (κ2) is 7.25. The average Bonchev–Trinajstić information content (AvgIpc) is 2.81. The van der Waals surface area contributed by atoms with E-state index in [1.54, 1.807) is 6.07 Å². The molecule has 132 valence electrons. The lowest BCUT2D eigenvalue weighted by Gasteiger charge is -2.15. The van der Waals surface area contributed by atoms with Gasteiger partial charge in [0.05, 0.1) is 11.5 Å². The Morgan fingerprint density at radius 2 is 2.00 bits per heavy atom. The molecule has 1 atom stereocenters. The Labute approximate surface area is 147 Å². The number of benzene rings is 2. The molecule has 1 aliphatic heterocycles. The molecule has 7 heteroatoms. The van der Waals surface area contributed by atoms with Crippen LogP contribution in [-0.4, -0.2) is 27.5 Å². The van der Waals surface area contributed by atoms with Gasteiger partial charge >= 0.3 is 0 Å². The fourth-order valence-corrected chi connectivity index (χ4v) is 3.45. The number of carbonyl (C=O) groups excluding carboxylic acids is 1. The first kappa shape index (κ1) is 17.4. The Morgan fingerprint density at radius 3 is 2.80 bits per heavy atom. The van der Waals surface area contributed by atoms with Crippen LogP contribution in [-0.2, 0) is 16.4 Å². The summed E-state index contributed by atoms with van der Waals surface area (Å²) in [6.45, 7) is 1.11. The maximum absolute atomic E-state index is 12.3. The third-order valence-corrected chi connectivity index (χ3v) is 5.15. The summed E-state index contributed by atoms with van der Waals surface area (Å²) in [6, 6.07) is 13.6. The molecule has 1 aliphatic rings. The van der Waals surface area contributed by atoms with E-state index in [9.17, 15) is 13.2 Å². The molecular formula is C18H20N2O4S. The van der Waals surface area contributed by atoms with E-state index in [1.165, 1.54) is 18.2 Å². The predicted molar refractivity (Wildman–Crippen MR) is 93.9 cm³/mol. The van der Waals surface area contributed by atoms with Gasteiger partial charge in [-0.15, -0.1) is 0 Å². The first-order valence-electron chi connectivity index (χ1n) is 8.05. The zero-order chi connectivity index (χ0) is 17.9. The van der Waals surface area contributed by atoms with Crippen LogP contribution >= 0.6 is 0 Å². The van der Waals surface area contributed by atoms with E-state index in [4.69, 9.17) is 9.88 Å². The number of amides is 1. The number of primary sulfonamides is 1. The summed E-state index contributed by atoms with van der Waals surface area (Å²) in [5.74, 6) is 0.843. The maximum Gasteiger partial charge on any atom is 0.251 e. The monoisotopic (exact) mass is 360 g/mol. The summed E-state index contributed by atoms with van der Waals surface area (Å²) in [5.41, 5.74) is 1.41. The topological polar surface area (TPSA) is 98.5 Å². The fourth-order valence-electron chi connectivity index (χ4n) is 2.89. The molecule has 0 fully saturated rings. The Balaban J connectivity index is 1.65. The summed E-state index contributed by atoms with van der Waals surface area (Å²) in [7, 11) is -3.83. The first-order chi connectivity index (χ1) is 11.9. The minimum Gasteiger partial charge on any atom is -0.493 e. The third kappa shape index (κ3) is 4.37. The van der Waals surface area contributed by atoms with Gasteiger partial charge in [-0.25, -0.2) is 13.6 Å². The molecule has 0 radical (unpaired) electrons. The molecule has 0 saturated heterocycles. The van der Waals surface area contributed by atoms with E-state index in [1.807, 2.05) is 24.3 Å². The van der Waals surface area contributed by atoms with Gasteiger partial charge in [0.2, 0.25) is 10.0 Å². The largest absolute Gasteiger partial charge is 0.493 e. The van der Waals surface area contributed by atoms with E-state index >= 15 is 0 Å². The van der Waals surface area contributed by atoms with Crippen LogP contribution in [0.3, 0.4) is 0 Å². The predicted octanol–water partition coefficient (Wildman–Crippen LogP) is 1.71. The van der Waals surface area contributed by atoms with Crippen molar-refractivity contribution in [3.63, 3.8) is 0 Å². The molecule has 0 aliphatic carbocycles. The maximum atomic E-state index is 12.3. The fraction of sp³-hybridized carbons (Fsp3) is 0.278. The molecule has 2 aromatic rings. The first-order valence-corrected chi connectivity index (χ1v) is 9.60. The van der Waals surface area contributed by atoms with Crippen molar-refractivity contribution in [2.24, 2.45) is 11.1 Å². The van der Waals surface area contributed by atoms with Gasteiger partial charge < -0.3 is 10.1 Å². The van der Waals surface area contributed by atoms with E-state index in [-0.39, 0.29) is 22.3 Å². The highest BCUT2D eigenvalue weighted by atomic mass is 32.2. The van der Waals surface area contributed by atoms with E-state index in [0.29, 0.717) is 13.2 Å². The molecule has 0 spiro atoms. The van der Waals surface area contributed by atoms with Crippen molar-refractivity contribution in [1.82, 2.24) is 5.32 Å². The van der Waals surface area contributed by atoms with E-state index < -0.39 is 10.0 Å². The van der Waals surface area contributed by atoms with E-state index in [0.717, 1.165) is 24.2 Å². The number of nitrogens with two attached hydrogens (primary N) is 1. The second-order valence-corrected chi connectivity index (χ2v) is 7.66. The highest BCUT2D eigenvalue weighted by molar-refractivity contribution is 7.89. The van der Waals surface area contributed by atoms with Gasteiger partial charge in [-0.1, -0.05) is 24.3 Å². The molecule has 0 unspecified atom stereocenters. The molecule has 6 nitrogen and oxygen atoms in total. The smallest absolute Gasteiger partial charge is 0.251 e. The number of ether oxygens (including phenoxy) is 1. The van der Waals surface area contributed by atoms with Crippen molar-refractivity contribution >= 4 is 15.9 Å². The minimum absolute atomic E-state index is 0.0723. The number of hydrogen-bond acceptors (Lipinski definition) is 4. The van der Waals surface area contributed by atoms with Crippen LogP contribution in [0.25, 0.3) is 0 Å². The summed E-state index contributed by atoms with van der Waals surface area (Å²) in [4.78, 5) is 12.2. The standard InChI is InChI=1S/C18H20N2O4S/c19-25(22,23)16-6-3-5-15(11-16)18(21)20-12-13-8-9-24-17-7-2-1-4-14(17)10-13/h1-7,11,13H,8-10,12H2,(H,20,21)(H2,19,22,23)/t13-/m0/s1. The number of rotatable bonds is 4. The van der Waals surface area contributed by atoms with Crippen molar-refractivity contribution in [2.45, 2.75) is 17.7 Å². The van der Waals surface area contributed by atoms with Crippen molar-refractivity contribution in [2.75, 3.05) is 13.2 Å². The Kier molecular flexibility index (Phi) is 5.06. The number of sulfonamides is 1. The summed E-state index contributed by atoms with van der Waals surface area (Å²) >= 11 is 0. The zero-order valence-corrected chi connectivity index (χ0v) is 14.5. The number of hydrogen-bond donors (Lipinski definition) is 2. The molecular weight excluding hydrogens is 340 g/mol. The molecule has 1 heterocycles. The molecule has 1 amide bonds. The molecule has 3 rings (SSSR count). The van der Waals surface area contributed by atoms with Crippen molar-refractivity contribution < 1.29 is 17.9 Å². The van der Waals surface area contributed by atoms with Crippen LogP contribution in [0, 0.1) is 5.92 Å². The van der Waals surface area contributed by atoms with Gasteiger partial charge in [-0.05, 0) is 48.6 Å². The van der Waals surface area contributed by atoms with Gasteiger partial charge in [0, 0.05) is 12.1 Å². The zero-order valence-electron chi connectivity index (χ0n) is 13.6.